The minimum atomic E-state index is -3.63. The zero-order valence-electron chi connectivity index (χ0n) is 16.7. The highest BCUT2D eigenvalue weighted by Gasteiger charge is 2.27. The van der Waals surface area contributed by atoms with E-state index in [0.29, 0.717) is 43.2 Å². The molecule has 2 aromatic rings. The van der Waals surface area contributed by atoms with Crippen LogP contribution in [0.5, 0.6) is 0 Å². The fraction of sp³-hybridized carbons (Fsp3) is 0.400. The highest BCUT2D eigenvalue weighted by Crippen LogP contribution is 2.25. The monoisotopic (exact) mass is 420 g/mol. The number of morpholine rings is 1. The second kappa shape index (κ2) is 8.48. The summed E-state index contributed by atoms with van der Waals surface area (Å²) in [5.41, 5.74) is 2.50. The zero-order chi connectivity index (χ0) is 21.2. The zero-order valence-corrected chi connectivity index (χ0v) is 17.5. The Morgan fingerprint density at radius 3 is 2.48 bits per heavy atom. The summed E-state index contributed by atoms with van der Waals surface area (Å²) < 4.78 is 39.2. The van der Waals surface area contributed by atoms with Crippen LogP contribution in [0.3, 0.4) is 0 Å². The van der Waals surface area contributed by atoms with Gasteiger partial charge in [0.25, 0.3) is 0 Å². The normalized spacial score (nSPS) is 15.3. The molecule has 0 bridgehead atoms. The van der Waals surface area contributed by atoms with E-state index in [1.165, 1.54) is 11.2 Å². The molecule has 3 rings (SSSR count). The predicted octanol–water partition coefficient (Wildman–Crippen LogP) is 1.86. The third kappa shape index (κ3) is 4.42. The Bertz CT molecular complexity index is 1040. The number of carbonyl (C=O) groups is 2. The molecule has 9 heteroatoms. The summed E-state index contributed by atoms with van der Waals surface area (Å²) in [6, 6.07) is 8.35. The van der Waals surface area contributed by atoms with E-state index in [1.807, 2.05) is 11.5 Å². The molecule has 29 heavy (non-hydrogen) atoms. The summed E-state index contributed by atoms with van der Waals surface area (Å²) in [6.07, 6.45) is 0. The number of ketones is 1. The standard InChI is InChI=1S/C20H24N2O6S/c1-14-11-19(20(24)13-28-16(3)23)15(2)22(14)17-5-4-6-18(12-17)29(25,26)21-7-9-27-10-8-21/h4-6,11-12H,7-10,13H2,1-3H3. The Kier molecular flexibility index (Phi) is 6.21. The molecule has 0 saturated carbocycles. The Balaban J connectivity index is 1.95. The Hall–Kier alpha value is -2.49. The Labute approximate surface area is 170 Å². The molecule has 1 aliphatic rings. The first-order valence-electron chi connectivity index (χ1n) is 9.25. The SMILES string of the molecule is CC(=O)OCC(=O)c1cc(C)n(-c2cccc(S(=O)(=O)N3CCOCC3)c2)c1C. The number of hydrogen-bond acceptors (Lipinski definition) is 6. The van der Waals surface area contributed by atoms with Crippen LogP contribution in [0.25, 0.3) is 5.69 Å². The number of aryl methyl sites for hydroxylation is 1. The van der Waals surface area contributed by atoms with Crippen molar-refractivity contribution in [3.05, 3.63) is 47.3 Å². The molecule has 0 amide bonds. The molecular formula is C20H24N2O6S. The highest BCUT2D eigenvalue weighted by atomic mass is 32.2. The number of rotatable bonds is 6. The number of esters is 1. The van der Waals surface area contributed by atoms with Crippen LogP contribution in [-0.4, -0.2) is 62.0 Å². The molecule has 8 nitrogen and oxygen atoms in total. The first kappa shape index (κ1) is 21.2. The number of aromatic nitrogens is 1. The van der Waals surface area contributed by atoms with Crippen LogP contribution in [0.15, 0.2) is 35.2 Å². The lowest BCUT2D eigenvalue weighted by Crippen LogP contribution is -2.40. The summed E-state index contributed by atoms with van der Waals surface area (Å²) in [7, 11) is -3.63. The maximum absolute atomic E-state index is 13.0. The fourth-order valence-corrected chi connectivity index (χ4v) is 4.85. The van der Waals surface area contributed by atoms with Crippen LogP contribution in [-0.2, 0) is 24.3 Å². The second-order valence-electron chi connectivity index (χ2n) is 6.84. The summed E-state index contributed by atoms with van der Waals surface area (Å²) >= 11 is 0. The van der Waals surface area contributed by atoms with Gasteiger partial charge < -0.3 is 14.0 Å². The topological polar surface area (TPSA) is 94.9 Å². The van der Waals surface area contributed by atoms with E-state index in [1.54, 1.807) is 37.3 Å². The lowest BCUT2D eigenvalue weighted by molar-refractivity contribution is -0.139. The first-order chi connectivity index (χ1) is 13.7. The molecule has 156 valence electrons. The van der Waals surface area contributed by atoms with Crippen molar-refractivity contribution in [1.29, 1.82) is 0 Å². The molecule has 1 aromatic carbocycles. The number of hydrogen-bond donors (Lipinski definition) is 0. The van der Waals surface area contributed by atoms with Crippen LogP contribution >= 0.6 is 0 Å². The van der Waals surface area contributed by atoms with E-state index in [0.717, 1.165) is 5.69 Å². The quantitative estimate of drug-likeness (QED) is 0.523. The Morgan fingerprint density at radius 2 is 1.83 bits per heavy atom. The molecule has 0 spiro atoms. The van der Waals surface area contributed by atoms with Gasteiger partial charge in [0.15, 0.2) is 6.61 Å². The average Bonchev–Trinajstić information content (AvgIpc) is 3.01. The Morgan fingerprint density at radius 1 is 1.14 bits per heavy atom. The van der Waals surface area contributed by atoms with Gasteiger partial charge in [0.1, 0.15) is 0 Å². The van der Waals surface area contributed by atoms with Gasteiger partial charge in [0.05, 0.1) is 18.1 Å². The van der Waals surface area contributed by atoms with Crippen molar-refractivity contribution in [2.75, 3.05) is 32.9 Å². The summed E-state index contributed by atoms with van der Waals surface area (Å²) in [6.45, 7) is 5.93. The van der Waals surface area contributed by atoms with Crippen molar-refractivity contribution in [2.24, 2.45) is 0 Å². The highest BCUT2D eigenvalue weighted by molar-refractivity contribution is 7.89. The largest absolute Gasteiger partial charge is 0.457 e. The van der Waals surface area contributed by atoms with Gasteiger partial charge in [0, 0.05) is 42.7 Å². The van der Waals surface area contributed by atoms with E-state index in [4.69, 9.17) is 9.47 Å². The molecule has 0 radical (unpaired) electrons. The molecule has 1 saturated heterocycles. The molecule has 2 heterocycles. The van der Waals surface area contributed by atoms with E-state index < -0.39 is 16.0 Å². The van der Waals surface area contributed by atoms with Gasteiger partial charge >= 0.3 is 5.97 Å². The molecule has 1 aliphatic heterocycles. The van der Waals surface area contributed by atoms with Crippen LogP contribution in [0.1, 0.15) is 28.7 Å². The summed E-state index contributed by atoms with van der Waals surface area (Å²) in [5, 5.41) is 0. The van der Waals surface area contributed by atoms with E-state index in [2.05, 4.69) is 0 Å². The minimum absolute atomic E-state index is 0.192. The van der Waals surface area contributed by atoms with Crippen LogP contribution in [0.2, 0.25) is 0 Å². The number of Topliss-reactive ketones (excluding diaryl/α,β-unsaturated/α-hetero) is 1. The lowest BCUT2D eigenvalue weighted by Gasteiger charge is -2.26. The molecule has 0 N–H and O–H groups in total. The van der Waals surface area contributed by atoms with Crippen molar-refractivity contribution in [2.45, 2.75) is 25.7 Å². The van der Waals surface area contributed by atoms with Gasteiger partial charge in [-0.2, -0.15) is 4.31 Å². The molecule has 1 aromatic heterocycles. The number of benzene rings is 1. The summed E-state index contributed by atoms with van der Waals surface area (Å²) in [4.78, 5) is 23.6. The lowest BCUT2D eigenvalue weighted by atomic mass is 10.1. The number of nitrogens with zero attached hydrogens (tertiary/aromatic N) is 2. The smallest absolute Gasteiger partial charge is 0.303 e. The van der Waals surface area contributed by atoms with Crippen molar-refractivity contribution < 1.29 is 27.5 Å². The third-order valence-electron chi connectivity index (χ3n) is 4.82. The van der Waals surface area contributed by atoms with Crippen LogP contribution in [0.4, 0.5) is 0 Å². The number of sulfonamides is 1. The number of ether oxygens (including phenoxy) is 2. The second-order valence-corrected chi connectivity index (χ2v) is 8.78. The van der Waals surface area contributed by atoms with Crippen molar-refractivity contribution >= 4 is 21.8 Å². The predicted molar refractivity (Wildman–Crippen MR) is 106 cm³/mol. The molecule has 0 atom stereocenters. The fourth-order valence-electron chi connectivity index (χ4n) is 3.41. The third-order valence-corrected chi connectivity index (χ3v) is 6.72. The van der Waals surface area contributed by atoms with Crippen molar-refractivity contribution in [1.82, 2.24) is 8.87 Å². The molecule has 0 unspecified atom stereocenters. The van der Waals surface area contributed by atoms with Gasteiger partial charge in [-0.1, -0.05) is 6.07 Å². The minimum Gasteiger partial charge on any atom is -0.457 e. The van der Waals surface area contributed by atoms with E-state index in [-0.39, 0.29) is 17.3 Å². The molecule has 0 aliphatic carbocycles. The van der Waals surface area contributed by atoms with Gasteiger partial charge in [-0.15, -0.1) is 0 Å². The maximum atomic E-state index is 13.0. The first-order valence-corrected chi connectivity index (χ1v) is 10.7. The van der Waals surface area contributed by atoms with Crippen LogP contribution < -0.4 is 0 Å². The van der Waals surface area contributed by atoms with Gasteiger partial charge in [-0.3, -0.25) is 9.59 Å². The van der Waals surface area contributed by atoms with Gasteiger partial charge in [-0.05, 0) is 38.1 Å². The van der Waals surface area contributed by atoms with E-state index >= 15 is 0 Å². The van der Waals surface area contributed by atoms with Crippen molar-refractivity contribution in [3.63, 3.8) is 0 Å². The van der Waals surface area contributed by atoms with Crippen LogP contribution in [0, 0.1) is 13.8 Å². The molecular weight excluding hydrogens is 396 g/mol. The van der Waals surface area contributed by atoms with Crippen molar-refractivity contribution in [3.8, 4) is 5.69 Å². The van der Waals surface area contributed by atoms with E-state index in [9.17, 15) is 18.0 Å². The molecule has 1 fully saturated rings. The average molecular weight is 420 g/mol. The van der Waals surface area contributed by atoms with Gasteiger partial charge in [0.2, 0.25) is 15.8 Å². The number of carbonyl (C=O) groups excluding carboxylic acids is 2. The maximum Gasteiger partial charge on any atom is 0.303 e. The summed E-state index contributed by atoms with van der Waals surface area (Å²) in [5.74, 6) is -0.829. The van der Waals surface area contributed by atoms with Gasteiger partial charge in [-0.25, -0.2) is 8.42 Å².